The predicted molar refractivity (Wildman–Crippen MR) is 181 cm³/mol. The van der Waals surface area contributed by atoms with E-state index in [1.54, 1.807) is 0 Å². The Morgan fingerprint density at radius 2 is 1.98 bits per heavy atom. The van der Waals surface area contributed by atoms with E-state index in [1.807, 2.05) is 17.9 Å². The Labute approximate surface area is 278 Å². The smallest absolute Gasteiger partial charge is 0.309 e. The monoisotopic (exact) mass is 643 g/mol. The molecule has 3 aromatic rings. The molecule has 8 rings (SSSR count). The van der Waals surface area contributed by atoms with E-state index >= 15 is 0 Å². The fourth-order valence-electron chi connectivity index (χ4n) is 9.57. The van der Waals surface area contributed by atoms with Crippen molar-refractivity contribution in [3.8, 4) is 0 Å². The molecule has 2 aromatic heterocycles. The maximum absolute atomic E-state index is 13.7. The van der Waals surface area contributed by atoms with Gasteiger partial charge in [-0.15, -0.1) is 0 Å². The number of halogens is 1. The molecular weight excluding hydrogens is 593 g/mol. The van der Waals surface area contributed by atoms with E-state index in [2.05, 4.69) is 77.6 Å². The number of alkyl halides is 1. The number of fused-ring (bicyclic) bond motifs is 1. The number of carbonyl (C=O) groups is 1. The molecule has 4 aliphatic carbocycles. The summed E-state index contributed by atoms with van der Waals surface area (Å²) in [5, 5.41) is 18.2. The van der Waals surface area contributed by atoms with Crippen molar-refractivity contribution in [2.75, 3.05) is 43.6 Å². The first-order valence-corrected chi connectivity index (χ1v) is 17.5. The average molecular weight is 644 g/mol. The largest absolute Gasteiger partial charge is 0.481 e. The van der Waals surface area contributed by atoms with Crippen molar-refractivity contribution >= 4 is 17.7 Å². The van der Waals surface area contributed by atoms with Gasteiger partial charge in [0.2, 0.25) is 5.95 Å². The number of aryl methyl sites for hydroxylation is 2. The van der Waals surface area contributed by atoms with E-state index in [0.29, 0.717) is 5.95 Å². The van der Waals surface area contributed by atoms with Gasteiger partial charge in [-0.2, -0.15) is 10.1 Å². The lowest BCUT2D eigenvalue weighted by Crippen LogP contribution is -2.72. The van der Waals surface area contributed by atoms with Crippen LogP contribution in [0.5, 0.6) is 0 Å². The number of aromatic nitrogens is 4. The normalized spacial score (nSPS) is 29.6. The Kier molecular flexibility index (Phi) is 8.30. The summed E-state index contributed by atoms with van der Waals surface area (Å²) in [5.41, 5.74) is 4.11. The highest BCUT2D eigenvalue weighted by Crippen LogP contribution is 2.75. The molecule has 3 saturated carbocycles. The van der Waals surface area contributed by atoms with Crippen LogP contribution in [0.25, 0.3) is 0 Å². The first kappa shape index (κ1) is 32.0. The zero-order valence-corrected chi connectivity index (χ0v) is 28.4. The number of rotatable bonds is 12. The number of hydrogen-bond acceptors (Lipinski definition) is 7. The minimum atomic E-state index is -0.650. The molecule has 252 valence electrons. The van der Waals surface area contributed by atoms with E-state index < -0.39 is 11.4 Å². The molecule has 0 radical (unpaired) electrons. The van der Waals surface area contributed by atoms with Crippen molar-refractivity contribution in [3.05, 3.63) is 65.1 Å². The number of benzene rings is 1. The lowest BCUT2D eigenvalue weighted by molar-refractivity contribution is -0.230. The molecule has 2 bridgehead atoms. The second-order valence-electron chi connectivity index (χ2n) is 15.5. The summed E-state index contributed by atoms with van der Waals surface area (Å²) in [6, 6.07) is 10.9. The minimum absolute atomic E-state index is 0.0140. The number of carboxylic acid groups (broad SMARTS) is 1. The summed E-state index contributed by atoms with van der Waals surface area (Å²) in [7, 11) is 4.03. The van der Waals surface area contributed by atoms with Gasteiger partial charge in [0.15, 0.2) is 0 Å². The van der Waals surface area contributed by atoms with E-state index in [-0.39, 0.29) is 35.5 Å². The average Bonchev–Trinajstić information content (AvgIpc) is 3.47. The number of anilines is 2. The molecular formula is C37H50FN7O2. The van der Waals surface area contributed by atoms with Crippen molar-refractivity contribution in [2.24, 2.45) is 23.8 Å². The fourth-order valence-corrected chi connectivity index (χ4v) is 9.57. The Balaban J connectivity index is 1.24. The summed E-state index contributed by atoms with van der Waals surface area (Å²) in [6.07, 6.45) is 11.7. The number of nitrogens with zero attached hydrogens (tertiary/aromatic N) is 6. The Hall–Kier alpha value is -3.53. The minimum Gasteiger partial charge on any atom is -0.481 e. The van der Waals surface area contributed by atoms with Crippen molar-refractivity contribution in [1.29, 1.82) is 0 Å². The van der Waals surface area contributed by atoms with Gasteiger partial charge < -0.3 is 20.2 Å². The molecule has 0 amide bonds. The lowest BCUT2D eigenvalue weighted by atomic mass is 9.33. The van der Waals surface area contributed by atoms with Gasteiger partial charge in [-0.1, -0.05) is 44.2 Å². The third-order valence-electron chi connectivity index (χ3n) is 12.1. The summed E-state index contributed by atoms with van der Waals surface area (Å²) in [6.45, 7) is 6.72. The lowest BCUT2D eigenvalue weighted by Gasteiger charge is -2.71. The third kappa shape index (κ3) is 5.70. The van der Waals surface area contributed by atoms with Crippen LogP contribution in [0.2, 0.25) is 0 Å². The van der Waals surface area contributed by atoms with Crippen molar-refractivity contribution in [2.45, 2.75) is 89.1 Å². The van der Waals surface area contributed by atoms with Crippen LogP contribution < -0.4 is 10.2 Å². The number of piperidine rings is 1. The molecule has 4 atom stereocenters. The van der Waals surface area contributed by atoms with Gasteiger partial charge in [0.1, 0.15) is 5.82 Å². The predicted octanol–water partition coefficient (Wildman–Crippen LogP) is 5.96. The maximum Gasteiger partial charge on any atom is 0.309 e. The number of hydrogen-bond donors (Lipinski definition) is 2. The van der Waals surface area contributed by atoms with Crippen molar-refractivity contribution in [3.63, 3.8) is 0 Å². The van der Waals surface area contributed by atoms with E-state index in [0.717, 1.165) is 100 Å². The SMILES string of the molecule is CC[C@H](N(C)c1nc2c(c(N[C@@H](CN3CCC[C@@H](CF)C3)c3cnn(C)c3)n1)C[C@@](C)(c1ccccc1)CC2)C12CC(C(=O)O)(C1)C2. The second-order valence-corrected chi connectivity index (χ2v) is 15.5. The van der Waals surface area contributed by atoms with Gasteiger partial charge in [0.25, 0.3) is 0 Å². The molecule has 1 saturated heterocycles. The quantitative estimate of drug-likeness (QED) is 0.250. The molecule has 0 spiro atoms. The molecule has 0 unspecified atom stereocenters. The highest BCUT2D eigenvalue weighted by molar-refractivity contribution is 5.79. The first-order chi connectivity index (χ1) is 22.6. The molecule has 2 N–H and O–H groups in total. The number of nitrogens with one attached hydrogen (secondary N) is 1. The summed E-state index contributed by atoms with van der Waals surface area (Å²) in [5.74, 6) is 1.000. The summed E-state index contributed by atoms with van der Waals surface area (Å²) >= 11 is 0. The number of aliphatic carboxylic acids is 1. The van der Waals surface area contributed by atoms with Crippen LogP contribution in [-0.4, -0.2) is 75.1 Å². The van der Waals surface area contributed by atoms with Crippen molar-refractivity contribution in [1.82, 2.24) is 24.6 Å². The molecule has 5 aliphatic rings. The highest BCUT2D eigenvalue weighted by Gasteiger charge is 2.74. The number of carboxylic acids is 1. The van der Waals surface area contributed by atoms with Crippen LogP contribution in [0.3, 0.4) is 0 Å². The van der Waals surface area contributed by atoms with Gasteiger partial charge in [-0.3, -0.25) is 13.9 Å². The Morgan fingerprint density at radius 1 is 1.21 bits per heavy atom. The van der Waals surface area contributed by atoms with Gasteiger partial charge >= 0.3 is 5.97 Å². The number of likely N-dealkylation sites (tertiary alicyclic amines) is 1. The van der Waals surface area contributed by atoms with Crippen LogP contribution in [0.1, 0.15) is 87.2 Å². The molecule has 1 aliphatic heterocycles. The van der Waals surface area contributed by atoms with Crippen LogP contribution in [0, 0.1) is 16.7 Å². The van der Waals surface area contributed by atoms with E-state index in [1.165, 1.54) is 5.56 Å². The molecule has 9 nitrogen and oxygen atoms in total. The molecule has 47 heavy (non-hydrogen) atoms. The van der Waals surface area contributed by atoms with Gasteiger partial charge in [-0.25, -0.2) is 4.98 Å². The highest BCUT2D eigenvalue weighted by atomic mass is 19.1. The van der Waals surface area contributed by atoms with Crippen LogP contribution in [-0.2, 0) is 30.1 Å². The second kappa shape index (κ2) is 12.2. The van der Waals surface area contributed by atoms with Crippen LogP contribution >= 0.6 is 0 Å². The molecule has 1 aromatic carbocycles. The van der Waals surface area contributed by atoms with Gasteiger partial charge in [0.05, 0.1) is 30.0 Å². The van der Waals surface area contributed by atoms with E-state index in [4.69, 9.17) is 9.97 Å². The standard InChI is InChI=1S/C37H50FN7O2/c1-5-31(36-22-37(23-36,24-36)33(46)47)44(4)34-41-29-13-14-35(2,27-11-7-6-8-12-27)16-28(29)32(42-34)40-30(26-18-39-43(3)20-26)21-45-15-9-10-25(17-38)19-45/h6-8,11-12,18,20,25,30-31H,5,9-10,13-17,19,21-24H2,1-4H3,(H,46,47)(H,40,41,42)/t25-,30-,31-,35-,36?,37?/m0/s1. The first-order valence-electron chi connectivity index (χ1n) is 17.5. The summed E-state index contributed by atoms with van der Waals surface area (Å²) < 4.78 is 15.6. The summed E-state index contributed by atoms with van der Waals surface area (Å²) in [4.78, 5) is 27.1. The Morgan fingerprint density at radius 3 is 2.64 bits per heavy atom. The fraction of sp³-hybridized carbons (Fsp3) is 0.622. The topological polar surface area (TPSA) is 99.4 Å². The van der Waals surface area contributed by atoms with Crippen molar-refractivity contribution < 1.29 is 14.3 Å². The molecule has 3 heterocycles. The third-order valence-corrected chi connectivity index (χ3v) is 12.1. The van der Waals surface area contributed by atoms with Crippen LogP contribution in [0.15, 0.2) is 42.7 Å². The zero-order chi connectivity index (χ0) is 33.0. The molecule has 4 fully saturated rings. The van der Waals surface area contributed by atoms with Gasteiger partial charge in [0, 0.05) is 56.5 Å². The van der Waals surface area contributed by atoms with E-state index in [9.17, 15) is 14.3 Å². The zero-order valence-electron chi connectivity index (χ0n) is 28.4. The maximum atomic E-state index is 13.7. The van der Waals surface area contributed by atoms with Crippen LogP contribution in [0.4, 0.5) is 16.2 Å². The Bertz CT molecular complexity index is 1590. The molecule has 10 heteroatoms. The van der Waals surface area contributed by atoms with Gasteiger partial charge in [-0.05, 0) is 80.7 Å².